The third-order valence-electron chi connectivity index (χ3n) is 5.43. The summed E-state index contributed by atoms with van der Waals surface area (Å²) in [4.78, 5) is 29.6. The van der Waals surface area contributed by atoms with Crippen LogP contribution in [0.15, 0.2) is 48.5 Å². The number of ether oxygens (including phenoxy) is 2. The van der Waals surface area contributed by atoms with E-state index in [-0.39, 0.29) is 12.5 Å². The first-order valence-electron chi connectivity index (χ1n) is 9.89. The van der Waals surface area contributed by atoms with Crippen LogP contribution >= 0.6 is 11.3 Å². The Morgan fingerprint density at radius 2 is 1.70 bits per heavy atom. The van der Waals surface area contributed by atoms with Crippen molar-refractivity contribution in [3.05, 3.63) is 59.0 Å². The lowest BCUT2D eigenvalue weighted by atomic mass is 10.1. The summed E-state index contributed by atoms with van der Waals surface area (Å²) in [5, 5.41) is 1.05. The summed E-state index contributed by atoms with van der Waals surface area (Å²) in [5.74, 6) is 0.235. The summed E-state index contributed by atoms with van der Waals surface area (Å²) in [5.41, 5.74) is 2.01. The van der Waals surface area contributed by atoms with E-state index < -0.39 is 5.97 Å². The van der Waals surface area contributed by atoms with Crippen molar-refractivity contribution in [3.8, 4) is 5.75 Å². The zero-order valence-electron chi connectivity index (χ0n) is 17.1. The number of piperazine rings is 1. The number of fused-ring (bicyclic) bond motifs is 1. The highest BCUT2D eigenvalue weighted by molar-refractivity contribution is 7.21. The molecule has 156 valence electrons. The summed E-state index contributed by atoms with van der Waals surface area (Å²) in [6.07, 6.45) is 0. The van der Waals surface area contributed by atoms with Gasteiger partial charge in [0, 0.05) is 36.6 Å². The van der Waals surface area contributed by atoms with Crippen LogP contribution in [0, 0.1) is 6.92 Å². The molecule has 7 heteroatoms. The van der Waals surface area contributed by atoms with Crippen molar-refractivity contribution in [1.29, 1.82) is 0 Å². The molecule has 1 saturated heterocycles. The maximum Gasteiger partial charge on any atom is 0.349 e. The van der Waals surface area contributed by atoms with Crippen molar-refractivity contribution in [2.24, 2.45) is 0 Å². The monoisotopic (exact) mass is 424 g/mol. The Hall–Kier alpha value is -3.06. The van der Waals surface area contributed by atoms with Gasteiger partial charge in [0.1, 0.15) is 10.6 Å². The number of methoxy groups -OCH3 is 1. The first kappa shape index (κ1) is 20.2. The van der Waals surface area contributed by atoms with E-state index >= 15 is 0 Å². The molecule has 2 heterocycles. The molecule has 30 heavy (non-hydrogen) atoms. The van der Waals surface area contributed by atoms with Crippen LogP contribution < -0.4 is 9.64 Å². The Balaban J connectivity index is 1.30. The molecule has 3 aromatic rings. The number of benzene rings is 2. The van der Waals surface area contributed by atoms with Gasteiger partial charge in [-0.25, -0.2) is 4.79 Å². The maximum absolute atomic E-state index is 12.5. The van der Waals surface area contributed by atoms with Crippen LogP contribution in [0.3, 0.4) is 0 Å². The number of rotatable bonds is 5. The highest BCUT2D eigenvalue weighted by Crippen LogP contribution is 2.31. The predicted molar refractivity (Wildman–Crippen MR) is 119 cm³/mol. The van der Waals surface area contributed by atoms with Crippen molar-refractivity contribution >= 4 is 39.0 Å². The zero-order valence-corrected chi connectivity index (χ0v) is 17.9. The van der Waals surface area contributed by atoms with Gasteiger partial charge in [-0.1, -0.05) is 18.2 Å². The van der Waals surface area contributed by atoms with Gasteiger partial charge in [-0.15, -0.1) is 11.3 Å². The maximum atomic E-state index is 12.5. The van der Waals surface area contributed by atoms with Crippen molar-refractivity contribution < 1.29 is 19.1 Å². The molecule has 0 saturated carbocycles. The standard InChI is InChI=1S/C23H24N2O4S/c1-16-19-5-3-4-6-20(19)30-22(16)23(27)29-15-21(26)25-13-11-24(12-14-25)17-7-9-18(28-2)10-8-17/h3-10H,11-15H2,1-2H3. The summed E-state index contributed by atoms with van der Waals surface area (Å²) in [6, 6.07) is 15.8. The first-order valence-corrected chi connectivity index (χ1v) is 10.7. The predicted octanol–water partition coefficient (Wildman–Crippen LogP) is 3.72. The number of esters is 1. The molecule has 2 aromatic carbocycles. The fraction of sp³-hybridized carbons (Fsp3) is 0.304. The number of carbonyl (C=O) groups is 2. The highest BCUT2D eigenvalue weighted by atomic mass is 32.1. The van der Waals surface area contributed by atoms with Gasteiger partial charge < -0.3 is 19.3 Å². The van der Waals surface area contributed by atoms with Gasteiger partial charge in [0.2, 0.25) is 0 Å². The van der Waals surface area contributed by atoms with Crippen LogP contribution in [0.25, 0.3) is 10.1 Å². The molecular formula is C23H24N2O4S. The quantitative estimate of drug-likeness (QED) is 0.584. The number of amides is 1. The molecular weight excluding hydrogens is 400 g/mol. The van der Waals surface area contributed by atoms with Crippen molar-refractivity contribution in [3.63, 3.8) is 0 Å². The van der Waals surface area contributed by atoms with E-state index in [9.17, 15) is 9.59 Å². The third kappa shape index (κ3) is 4.11. The van der Waals surface area contributed by atoms with Crippen LogP contribution in [-0.2, 0) is 9.53 Å². The lowest BCUT2D eigenvalue weighted by molar-refractivity contribution is -0.134. The van der Waals surface area contributed by atoms with Crippen LogP contribution in [0.2, 0.25) is 0 Å². The molecule has 0 atom stereocenters. The molecule has 1 fully saturated rings. The number of nitrogens with zero attached hydrogens (tertiary/aromatic N) is 2. The van der Waals surface area contributed by atoms with Crippen LogP contribution in [-0.4, -0.2) is 56.7 Å². The first-order chi connectivity index (χ1) is 14.6. The van der Waals surface area contributed by atoms with Crippen molar-refractivity contribution in [2.45, 2.75) is 6.92 Å². The second-order valence-corrected chi connectivity index (χ2v) is 8.25. The van der Waals surface area contributed by atoms with E-state index in [2.05, 4.69) is 4.90 Å². The molecule has 0 spiro atoms. The summed E-state index contributed by atoms with van der Waals surface area (Å²) < 4.78 is 11.6. The fourth-order valence-corrected chi connectivity index (χ4v) is 4.76. The Morgan fingerprint density at radius 1 is 1.00 bits per heavy atom. The number of carbonyl (C=O) groups excluding carboxylic acids is 2. The summed E-state index contributed by atoms with van der Waals surface area (Å²) in [6.45, 7) is 4.36. The van der Waals surface area contributed by atoms with Gasteiger partial charge in [0.05, 0.1) is 7.11 Å². The number of hydrogen-bond acceptors (Lipinski definition) is 6. The van der Waals surface area contributed by atoms with Gasteiger partial charge in [-0.05, 0) is 48.2 Å². The van der Waals surface area contributed by atoms with E-state index in [0.29, 0.717) is 18.0 Å². The minimum Gasteiger partial charge on any atom is -0.497 e. The Labute approximate surface area is 179 Å². The molecule has 0 unspecified atom stereocenters. The van der Waals surface area contributed by atoms with Gasteiger partial charge in [0.15, 0.2) is 6.61 Å². The molecule has 1 aliphatic heterocycles. The third-order valence-corrected chi connectivity index (χ3v) is 6.68. The van der Waals surface area contributed by atoms with Crippen molar-refractivity contribution in [2.75, 3.05) is 44.8 Å². The molecule has 0 aliphatic carbocycles. The molecule has 0 bridgehead atoms. The Morgan fingerprint density at radius 3 is 2.37 bits per heavy atom. The molecule has 1 aromatic heterocycles. The number of anilines is 1. The number of hydrogen-bond donors (Lipinski definition) is 0. The van der Waals surface area contributed by atoms with E-state index in [4.69, 9.17) is 9.47 Å². The molecule has 4 rings (SSSR count). The molecule has 0 N–H and O–H groups in total. The van der Waals surface area contributed by atoms with Crippen molar-refractivity contribution in [1.82, 2.24) is 4.90 Å². The highest BCUT2D eigenvalue weighted by Gasteiger charge is 2.23. The summed E-state index contributed by atoms with van der Waals surface area (Å²) >= 11 is 1.40. The van der Waals surface area contributed by atoms with Gasteiger partial charge in [0.25, 0.3) is 5.91 Å². The van der Waals surface area contributed by atoms with Gasteiger partial charge >= 0.3 is 5.97 Å². The number of aryl methyl sites for hydroxylation is 1. The van der Waals surface area contributed by atoms with Gasteiger partial charge in [-0.3, -0.25) is 4.79 Å². The van der Waals surface area contributed by atoms with E-state index in [1.807, 2.05) is 55.5 Å². The Bertz CT molecular complexity index is 1050. The minimum atomic E-state index is -0.432. The average molecular weight is 425 g/mol. The lowest BCUT2D eigenvalue weighted by Crippen LogP contribution is -2.49. The Kier molecular flexibility index (Phi) is 5.90. The molecule has 1 amide bonds. The largest absolute Gasteiger partial charge is 0.497 e. The van der Waals surface area contributed by atoms with E-state index in [1.54, 1.807) is 12.0 Å². The zero-order chi connectivity index (χ0) is 21.1. The van der Waals surface area contributed by atoms with Gasteiger partial charge in [-0.2, -0.15) is 0 Å². The lowest BCUT2D eigenvalue weighted by Gasteiger charge is -2.36. The fourth-order valence-electron chi connectivity index (χ4n) is 3.66. The number of thiophene rings is 1. The molecule has 1 aliphatic rings. The second-order valence-electron chi connectivity index (χ2n) is 7.19. The minimum absolute atomic E-state index is 0.156. The molecule has 6 nitrogen and oxygen atoms in total. The normalized spacial score (nSPS) is 14.1. The molecule has 0 radical (unpaired) electrons. The van der Waals surface area contributed by atoms with Crippen LogP contribution in [0.4, 0.5) is 5.69 Å². The topological polar surface area (TPSA) is 59.1 Å². The average Bonchev–Trinajstić information content (AvgIpc) is 3.14. The van der Waals surface area contributed by atoms with Crippen LogP contribution in [0.5, 0.6) is 5.75 Å². The second kappa shape index (κ2) is 8.75. The smallest absolute Gasteiger partial charge is 0.349 e. The van der Waals surface area contributed by atoms with E-state index in [1.165, 1.54) is 11.3 Å². The summed E-state index contributed by atoms with van der Waals surface area (Å²) in [7, 11) is 1.65. The SMILES string of the molecule is COc1ccc(N2CCN(C(=O)COC(=O)c3sc4ccccc4c3C)CC2)cc1. The van der Waals surface area contributed by atoms with Crippen LogP contribution in [0.1, 0.15) is 15.2 Å². The van der Waals surface area contributed by atoms with E-state index in [0.717, 1.165) is 40.2 Å².